The van der Waals surface area contributed by atoms with E-state index in [1.165, 1.54) is 7.05 Å². The topological polar surface area (TPSA) is 116 Å². The number of nitrogen functional groups attached to an aromatic ring is 2. The Kier molecular flexibility index (Phi) is 5.22. The monoisotopic (exact) mass is 301 g/mol. The molecule has 5 N–H and O–H groups in total. The number of nitrogens with two attached hydrogens (primary N) is 2. The quantitative estimate of drug-likeness (QED) is 0.730. The molecule has 7 nitrogen and oxygen atoms in total. The van der Waals surface area contributed by atoms with Crippen LogP contribution in [0.25, 0.3) is 0 Å². The van der Waals surface area contributed by atoms with Gasteiger partial charge in [0.2, 0.25) is 5.95 Å². The standard InChI is InChI=1S/C6H6F3N3.C5H8N4/c1-10-5-4(6(7,8)9)2-11-3-12-5;1-3-2-8-5(7)9-4(3)6/h2-3H,1H3,(H,10,11,12);2H,1H3,(H4,6,7,8,9). The number of aryl methyl sites for hydroxylation is 1. The molecule has 21 heavy (non-hydrogen) atoms. The first-order valence-electron chi connectivity index (χ1n) is 5.65. The van der Waals surface area contributed by atoms with Crippen molar-refractivity contribution in [1.82, 2.24) is 19.9 Å². The van der Waals surface area contributed by atoms with Crippen LogP contribution in [0, 0.1) is 6.92 Å². The molecule has 0 atom stereocenters. The van der Waals surface area contributed by atoms with Crippen molar-refractivity contribution in [2.75, 3.05) is 23.8 Å². The van der Waals surface area contributed by atoms with Gasteiger partial charge in [-0.2, -0.15) is 18.2 Å². The number of halogens is 3. The summed E-state index contributed by atoms with van der Waals surface area (Å²) in [7, 11) is 1.37. The summed E-state index contributed by atoms with van der Waals surface area (Å²) in [5, 5.41) is 2.33. The van der Waals surface area contributed by atoms with E-state index in [0.29, 0.717) is 5.82 Å². The normalized spacial score (nSPS) is 10.5. The molecule has 0 aliphatic heterocycles. The minimum atomic E-state index is -4.40. The number of nitrogens with zero attached hydrogens (tertiary/aromatic N) is 4. The van der Waals surface area contributed by atoms with E-state index in [9.17, 15) is 13.2 Å². The van der Waals surface area contributed by atoms with Gasteiger partial charge in [-0.15, -0.1) is 0 Å². The van der Waals surface area contributed by atoms with Gasteiger partial charge in [-0.25, -0.2) is 15.0 Å². The summed E-state index contributed by atoms with van der Waals surface area (Å²) >= 11 is 0. The highest BCUT2D eigenvalue weighted by Crippen LogP contribution is 2.32. The van der Waals surface area contributed by atoms with Crippen molar-refractivity contribution in [3.8, 4) is 0 Å². The molecule has 2 aromatic rings. The van der Waals surface area contributed by atoms with Gasteiger partial charge in [-0.1, -0.05) is 0 Å². The average molecular weight is 301 g/mol. The Labute approximate surface area is 118 Å². The summed E-state index contributed by atoms with van der Waals surface area (Å²) in [5.41, 5.74) is 10.6. The Morgan fingerprint density at radius 1 is 1.14 bits per heavy atom. The molecule has 0 saturated heterocycles. The van der Waals surface area contributed by atoms with Gasteiger partial charge in [0.1, 0.15) is 23.5 Å². The highest BCUT2D eigenvalue weighted by Gasteiger charge is 2.34. The Morgan fingerprint density at radius 3 is 2.24 bits per heavy atom. The molecule has 10 heteroatoms. The molecule has 114 valence electrons. The number of hydrogen-bond acceptors (Lipinski definition) is 7. The molecule has 2 heterocycles. The number of hydrogen-bond donors (Lipinski definition) is 3. The number of anilines is 3. The molecule has 0 fully saturated rings. The van der Waals surface area contributed by atoms with Crippen LogP contribution in [0.2, 0.25) is 0 Å². The maximum atomic E-state index is 12.1. The Balaban J connectivity index is 0.000000219. The highest BCUT2D eigenvalue weighted by atomic mass is 19.4. The van der Waals surface area contributed by atoms with Gasteiger partial charge in [0.05, 0.1) is 0 Å². The van der Waals surface area contributed by atoms with Crippen molar-refractivity contribution in [3.63, 3.8) is 0 Å². The summed E-state index contributed by atoms with van der Waals surface area (Å²) in [5.74, 6) is 0.457. The van der Waals surface area contributed by atoms with E-state index in [1.807, 2.05) is 6.92 Å². The SMILES string of the molecule is CNc1ncncc1C(F)(F)F.Cc1cnc(N)nc1N. The molecule has 2 rings (SSSR count). The predicted molar refractivity (Wildman–Crippen MR) is 72.2 cm³/mol. The summed E-state index contributed by atoms with van der Waals surface area (Å²) in [6.07, 6.45) is -1.02. The molecule has 0 spiro atoms. The molecule has 0 aromatic carbocycles. The van der Waals surface area contributed by atoms with Crippen LogP contribution in [-0.4, -0.2) is 27.0 Å². The second-order valence-electron chi connectivity index (χ2n) is 3.83. The van der Waals surface area contributed by atoms with Gasteiger partial charge in [-0.3, -0.25) is 0 Å². The molecule has 0 aliphatic rings. The van der Waals surface area contributed by atoms with Crippen LogP contribution >= 0.6 is 0 Å². The fraction of sp³-hybridized carbons (Fsp3) is 0.273. The summed E-state index contributed by atoms with van der Waals surface area (Å²) in [6, 6.07) is 0. The van der Waals surface area contributed by atoms with Crippen molar-refractivity contribution in [1.29, 1.82) is 0 Å². The lowest BCUT2D eigenvalue weighted by Crippen LogP contribution is -2.10. The molecule has 2 aromatic heterocycles. The Morgan fingerprint density at radius 2 is 1.81 bits per heavy atom. The lowest BCUT2D eigenvalue weighted by atomic mass is 10.3. The molecule has 0 aliphatic carbocycles. The van der Waals surface area contributed by atoms with Crippen LogP contribution in [0.4, 0.5) is 30.8 Å². The largest absolute Gasteiger partial charge is 0.421 e. The summed E-state index contributed by atoms with van der Waals surface area (Å²) in [6.45, 7) is 1.83. The predicted octanol–water partition coefficient (Wildman–Crippen LogP) is 1.49. The number of nitrogens with one attached hydrogen (secondary N) is 1. The summed E-state index contributed by atoms with van der Waals surface area (Å²) < 4.78 is 36.3. The first-order valence-corrected chi connectivity index (χ1v) is 5.65. The van der Waals surface area contributed by atoms with Gasteiger partial charge < -0.3 is 16.8 Å². The zero-order valence-corrected chi connectivity index (χ0v) is 11.3. The highest BCUT2D eigenvalue weighted by molar-refractivity contribution is 5.43. The third kappa shape index (κ3) is 4.75. The van der Waals surface area contributed by atoms with Gasteiger partial charge in [0.15, 0.2) is 0 Å². The van der Waals surface area contributed by atoms with E-state index in [1.54, 1.807) is 6.20 Å². The van der Waals surface area contributed by atoms with Crippen molar-refractivity contribution in [3.05, 3.63) is 29.8 Å². The average Bonchev–Trinajstić information content (AvgIpc) is 2.43. The second kappa shape index (κ2) is 6.68. The van der Waals surface area contributed by atoms with E-state index in [2.05, 4.69) is 25.3 Å². The zero-order chi connectivity index (χ0) is 16.0. The van der Waals surface area contributed by atoms with Gasteiger partial charge in [-0.05, 0) is 6.92 Å². The van der Waals surface area contributed by atoms with Crippen LogP contribution < -0.4 is 16.8 Å². The van der Waals surface area contributed by atoms with Crippen molar-refractivity contribution >= 4 is 17.6 Å². The van der Waals surface area contributed by atoms with Crippen LogP contribution in [-0.2, 0) is 6.18 Å². The first kappa shape index (κ1) is 16.4. The van der Waals surface area contributed by atoms with Crippen LogP contribution in [0.1, 0.15) is 11.1 Å². The first-order chi connectivity index (χ1) is 9.75. The van der Waals surface area contributed by atoms with Crippen molar-refractivity contribution in [2.24, 2.45) is 0 Å². The van der Waals surface area contributed by atoms with Crippen molar-refractivity contribution < 1.29 is 13.2 Å². The van der Waals surface area contributed by atoms with Crippen LogP contribution in [0.15, 0.2) is 18.7 Å². The van der Waals surface area contributed by atoms with E-state index >= 15 is 0 Å². The lowest BCUT2D eigenvalue weighted by molar-refractivity contribution is -0.137. The van der Waals surface area contributed by atoms with Crippen LogP contribution in [0.5, 0.6) is 0 Å². The maximum Gasteiger partial charge on any atom is 0.421 e. The molecular formula is C11H14F3N7. The van der Waals surface area contributed by atoms with Gasteiger partial charge >= 0.3 is 6.18 Å². The smallest absolute Gasteiger partial charge is 0.383 e. The number of alkyl halides is 3. The van der Waals surface area contributed by atoms with E-state index in [4.69, 9.17) is 11.5 Å². The molecule has 0 unspecified atom stereocenters. The minimum absolute atomic E-state index is 0.211. The molecule has 0 radical (unpaired) electrons. The van der Waals surface area contributed by atoms with Crippen molar-refractivity contribution in [2.45, 2.75) is 13.1 Å². The van der Waals surface area contributed by atoms with E-state index < -0.39 is 11.7 Å². The second-order valence-corrected chi connectivity index (χ2v) is 3.83. The fourth-order valence-corrected chi connectivity index (χ4v) is 1.21. The maximum absolute atomic E-state index is 12.1. The zero-order valence-electron chi connectivity index (χ0n) is 11.3. The molecule has 0 bridgehead atoms. The van der Waals surface area contributed by atoms with Gasteiger partial charge in [0, 0.05) is 25.0 Å². The van der Waals surface area contributed by atoms with Crippen LogP contribution in [0.3, 0.4) is 0 Å². The van der Waals surface area contributed by atoms with E-state index in [0.717, 1.165) is 18.1 Å². The number of rotatable bonds is 1. The minimum Gasteiger partial charge on any atom is -0.383 e. The fourth-order valence-electron chi connectivity index (χ4n) is 1.21. The number of aromatic nitrogens is 4. The molecule has 0 saturated carbocycles. The summed E-state index contributed by atoms with van der Waals surface area (Å²) in [4.78, 5) is 14.2. The third-order valence-electron chi connectivity index (χ3n) is 2.28. The Bertz CT molecular complexity index is 601. The molecule has 0 amide bonds. The van der Waals surface area contributed by atoms with Gasteiger partial charge in [0.25, 0.3) is 0 Å². The molecular weight excluding hydrogens is 287 g/mol. The third-order valence-corrected chi connectivity index (χ3v) is 2.28. The lowest BCUT2D eigenvalue weighted by Gasteiger charge is -2.09. The van der Waals surface area contributed by atoms with E-state index in [-0.39, 0.29) is 11.8 Å². The Hall–Kier alpha value is -2.65.